The van der Waals surface area contributed by atoms with E-state index in [1.807, 2.05) is 39.0 Å². The second-order valence-electron chi connectivity index (χ2n) is 20.2. The number of para-hydroxylation sites is 1. The van der Waals surface area contributed by atoms with E-state index in [1.54, 1.807) is 56.4 Å². The number of nitrogens with one attached hydrogen (secondary N) is 10. The number of rotatable bonds is 30. The number of benzene rings is 2. The van der Waals surface area contributed by atoms with E-state index < -0.39 is 107 Å². The van der Waals surface area contributed by atoms with Gasteiger partial charge < -0.3 is 64.0 Å². The molecule has 0 aliphatic carbocycles. The lowest BCUT2D eigenvalue weighted by molar-refractivity contribution is -0.138. The highest BCUT2D eigenvalue weighted by atomic mass is 16.2. The molecule has 2 aromatic carbocycles. The van der Waals surface area contributed by atoms with Crippen LogP contribution < -0.4 is 54.0 Å². The quantitative estimate of drug-likeness (QED) is 0.0341. The molecule has 76 heavy (non-hydrogen) atoms. The number of hydrogen-bond donors (Lipinski definition) is 12. The molecule has 0 fully saturated rings. The molecular weight excluding hydrogens is 979 g/mol. The highest BCUT2D eigenvalue weighted by Gasteiger charge is 2.38. The summed E-state index contributed by atoms with van der Waals surface area (Å²) in [6, 6.07) is 7.41. The van der Waals surface area contributed by atoms with Gasteiger partial charge >= 0.3 is 0 Å². The fourth-order valence-corrected chi connectivity index (χ4v) is 8.17. The second kappa shape index (κ2) is 28.5. The average molecular weight is 1050 g/mol. The second-order valence-corrected chi connectivity index (χ2v) is 20.2. The molecule has 0 aliphatic heterocycles. The zero-order valence-corrected chi connectivity index (χ0v) is 44.5. The molecule has 0 bridgehead atoms. The summed E-state index contributed by atoms with van der Waals surface area (Å²) in [5, 5.41) is 22.1. The number of nitrogens with zero attached hydrogens (tertiary/aromatic N) is 1. The smallest absolute Gasteiger partial charge is 0.245 e. The molecule has 0 saturated heterocycles. The predicted octanol–water partition coefficient (Wildman–Crippen LogP) is 0.480. The maximum absolute atomic E-state index is 14.3. The Balaban J connectivity index is 1.53. The van der Waals surface area contributed by atoms with Gasteiger partial charge in [-0.25, -0.2) is 4.98 Å². The van der Waals surface area contributed by atoms with Gasteiger partial charge in [0.25, 0.3) is 0 Å². The van der Waals surface area contributed by atoms with Crippen molar-refractivity contribution in [2.24, 2.45) is 23.3 Å². The first-order valence-corrected chi connectivity index (χ1v) is 25.5. The summed E-state index contributed by atoms with van der Waals surface area (Å²) >= 11 is 0. The lowest BCUT2D eigenvalue weighted by Gasteiger charge is -2.31. The molecular formula is C53H75N13O10. The summed E-state index contributed by atoms with van der Waals surface area (Å²) in [4.78, 5) is 145. The molecule has 4 rings (SSSR count). The minimum absolute atomic E-state index is 0.00195. The molecule has 2 heterocycles. The third kappa shape index (κ3) is 18.7. The maximum atomic E-state index is 14.3. The molecule has 0 aliphatic rings. The number of hydrogen-bond acceptors (Lipinski definition) is 11. The van der Waals surface area contributed by atoms with Gasteiger partial charge in [0, 0.05) is 61.1 Å². The van der Waals surface area contributed by atoms with Crippen LogP contribution in [0.25, 0.3) is 10.9 Å². The number of imidazole rings is 1. The molecule has 10 amide bonds. The monoisotopic (exact) mass is 1050 g/mol. The number of aromatic nitrogens is 3. The maximum Gasteiger partial charge on any atom is 0.245 e. The van der Waals surface area contributed by atoms with Crippen molar-refractivity contribution in [1.82, 2.24) is 57.5 Å². The number of fused-ring (bicyclic) bond motifs is 1. The van der Waals surface area contributed by atoms with Gasteiger partial charge in [-0.15, -0.1) is 0 Å². The van der Waals surface area contributed by atoms with Crippen molar-refractivity contribution < 1.29 is 47.9 Å². The van der Waals surface area contributed by atoms with Crippen LogP contribution in [0.2, 0.25) is 0 Å². The van der Waals surface area contributed by atoms with Crippen LogP contribution in [0.15, 0.2) is 73.3 Å². The normalized spacial score (nSPS) is 14.2. The molecule has 4 aromatic rings. The summed E-state index contributed by atoms with van der Waals surface area (Å²) in [5.41, 5.74) is 12.0. The Morgan fingerprint density at radius 2 is 1.21 bits per heavy atom. The van der Waals surface area contributed by atoms with Gasteiger partial charge in [-0.2, -0.15) is 0 Å². The fourth-order valence-electron chi connectivity index (χ4n) is 8.17. The van der Waals surface area contributed by atoms with Crippen LogP contribution in [0.3, 0.4) is 0 Å². The largest absolute Gasteiger partial charge is 0.370 e. The molecule has 2 aromatic heterocycles. The highest BCUT2D eigenvalue weighted by Crippen LogP contribution is 2.20. The van der Waals surface area contributed by atoms with Crippen LogP contribution in [-0.4, -0.2) is 122 Å². The molecule has 0 saturated carbocycles. The van der Waals surface area contributed by atoms with Crippen molar-refractivity contribution in [1.29, 1.82) is 0 Å². The molecule has 412 valence electrons. The first-order valence-electron chi connectivity index (χ1n) is 25.5. The number of carbonyl (C=O) groups excluding carboxylic acids is 10. The van der Waals surface area contributed by atoms with Crippen molar-refractivity contribution >= 4 is 70.0 Å². The summed E-state index contributed by atoms with van der Waals surface area (Å²) in [7, 11) is 0. The minimum Gasteiger partial charge on any atom is -0.370 e. The summed E-state index contributed by atoms with van der Waals surface area (Å²) < 4.78 is 0. The van der Waals surface area contributed by atoms with Crippen LogP contribution in [0, 0.1) is 11.8 Å². The predicted molar refractivity (Wildman–Crippen MR) is 283 cm³/mol. The van der Waals surface area contributed by atoms with E-state index in [9.17, 15) is 47.9 Å². The molecule has 23 nitrogen and oxygen atoms in total. The van der Waals surface area contributed by atoms with Gasteiger partial charge in [0.15, 0.2) is 0 Å². The number of amides is 10. The molecule has 7 unspecified atom stereocenters. The Kier molecular flexibility index (Phi) is 22.7. The summed E-state index contributed by atoms with van der Waals surface area (Å²) in [5.74, 6) is -7.91. The number of carbonyl (C=O) groups is 10. The minimum atomic E-state index is -1.68. The first-order chi connectivity index (χ1) is 35.9. The van der Waals surface area contributed by atoms with Crippen molar-refractivity contribution in [3.8, 4) is 0 Å². The topological polar surface area (TPSA) is 363 Å². The van der Waals surface area contributed by atoms with Crippen LogP contribution in [0.5, 0.6) is 0 Å². The number of nitrogens with two attached hydrogens (primary N) is 2. The Labute approximate surface area is 442 Å². The zero-order chi connectivity index (χ0) is 56.3. The fraction of sp³-hybridized carbons (Fsp3) is 0.491. The van der Waals surface area contributed by atoms with Crippen molar-refractivity contribution in [2.75, 3.05) is 0 Å². The Bertz CT molecular complexity index is 2650. The molecule has 14 N–H and O–H groups in total. The van der Waals surface area contributed by atoms with Gasteiger partial charge in [-0.1, -0.05) is 83.1 Å². The van der Waals surface area contributed by atoms with Gasteiger partial charge in [0.05, 0.1) is 6.33 Å². The van der Waals surface area contributed by atoms with Crippen LogP contribution in [-0.2, 0) is 67.2 Å². The SMILES string of the molecule is CCCC(=O)NC(Cc1ccccc1)C(=O)NC(CCC(N)=O)C(=O)NC(Cc1c[nH]c2ccccc12)C(=O)NC(C)C(=O)NC(C(=O)NC(C)(C)C(=O)NC(Cc1cnc[nH]1)C(=O)NC(CC(C)C)C(N)=O)C(C)C. The summed E-state index contributed by atoms with van der Waals surface area (Å²) in [6.07, 6.45) is 4.77. The van der Waals surface area contributed by atoms with Gasteiger partial charge in [0.1, 0.15) is 47.8 Å². The van der Waals surface area contributed by atoms with Crippen LogP contribution in [0.4, 0.5) is 0 Å². The lowest BCUT2D eigenvalue weighted by Crippen LogP contribution is -2.64. The van der Waals surface area contributed by atoms with E-state index >= 15 is 0 Å². The summed E-state index contributed by atoms with van der Waals surface area (Å²) in [6.45, 7) is 13.0. The Morgan fingerprint density at radius 3 is 1.82 bits per heavy atom. The molecule has 23 heteroatoms. The highest BCUT2D eigenvalue weighted by molar-refractivity contribution is 5.99. The van der Waals surface area contributed by atoms with E-state index in [2.05, 4.69) is 57.5 Å². The molecule has 0 radical (unpaired) electrons. The lowest BCUT2D eigenvalue weighted by atomic mass is 9.98. The van der Waals surface area contributed by atoms with Gasteiger partial charge in [-0.05, 0) is 69.1 Å². The standard InChI is InChI=1S/C53H75N13O10/c1-9-15-43(68)60-39(23-32-16-11-10-12-17-32)49(73)61-37(20-21-42(54)67)47(71)63-40(24-33-26-57-36-19-14-13-18-35(33)36)48(72)59-31(6)46(70)65-44(30(4)5)51(75)66-53(7,8)52(76)64-41(25-34-27-56-28-58-34)50(74)62-38(45(55)69)22-29(2)3/h10-14,16-19,26-31,37-41,44,57H,9,15,20-25H2,1-8H3,(H2,54,67)(H2,55,69)(H,56,58)(H,59,72)(H,60,68)(H,61,73)(H,62,74)(H,63,71)(H,64,76)(H,65,70)(H,66,75). The Morgan fingerprint density at radius 1 is 0.618 bits per heavy atom. The number of aromatic amines is 2. The van der Waals surface area contributed by atoms with Crippen molar-refractivity contribution in [2.45, 2.75) is 155 Å². The molecule has 7 atom stereocenters. The van der Waals surface area contributed by atoms with E-state index in [0.717, 1.165) is 16.5 Å². The zero-order valence-electron chi connectivity index (χ0n) is 44.5. The number of H-pyrrole nitrogens is 2. The number of primary amides is 2. The van der Waals surface area contributed by atoms with Gasteiger partial charge in [-0.3, -0.25) is 47.9 Å². The van der Waals surface area contributed by atoms with Crippen molar-refractivity contribution in [3.63, 3.8) is 0 Å². The first kappa shape index (κ1) is 60.4. The third-order valence-electron chi connectivity index (χ3n) is 12.4. The van der Waals surface area contributed by atoms with Gasteiger partial charge in [0.2, 0.25) is 59.1 Å². The Hall–Kier alpha value is -8.11. The van der Waals surface area contributed by atoms with E-state index in [0.29, 0.717) is 17.7 Å². The van der Waals surface area contributed by atoms with Crippen molar-refractivity contribution in [3.05, 3.63) is 90.1 Å². The van der Waals surface area contributed by atoms with Crippen LogP contribution in [0.1, 0.15) is 104 Å². The molecule has 0 spiro atoms. The third-order valence-corrected chi connectivity index (χ3v) is 12.4. The average Bonchev–Trinajstić information content (AvgIpc) is 4.03. The van der Waals surface area contributed by atoms with E-state index in [1.165, 1.54) is 33.3 Å². The van der Waals surface area contributed by atoms with E-state index in [4.69, 9.17) is 11.5 Å². The van der Waals surface area contributed by atoms with Crippen LogP contribution >= 0.6 is 0 Å². The van der Waals surface area contributed by atoms with E-state index in [-0.39, 0.29) is 56.8 Å².